The minimum Gasteiger partial charge on any atom is -0.444 e. The van der Waals surface area contributed by atoms with E-state index in [-0.39, 0.29) is 6.09 Å². The molecule has 5 nitrogen and oxygen atoms in total. The molecular weight excluding hydrogens is 326 g/mol. The summed E-state index contributed by atoms with van der Waals surface area (Å²) >= 11 is 6.06. The number of carbonyl (C=O) groups is 1. The van der Waals surface area contributed by atoms with Gasteiger partial charge in [-0.3, -0.25) is 0 Å². The van der Waals surface area contributed by atoms with Crippen molar-refractivity contribution in [3.05, 3.63) is 35.6 Å². The predicted molar refractivity (Wildman–Crippen MR) is 96.8 cm³/mol. The van der Waals surface area contributed by atoms with Crippen LogP contribution in [0.2, 0.25) is 5.15 Å². The first-order valence-electron chi connectivity index (χ1n) is 8.11. The zero-order valence-corrected chi connectivity index (χ0v) is 15.0. The number of halogens is 1. The molecule has 1 aromatic carbocycles. The van der Waals surface area contributed by atoms with E-state index in [4.69, 9.17) is 16.3 Å². The molecule has 1 aliphatic rings. The third kappa shape index (κ3) is 3.73. The molecule has 0 spiro atoms. The number of carbonyl (C=O) groups excluding carboxylic acids is 1. The lowest BCUT2D eigenvalue weighted by molar-refractivity contribution is 0.0241. The quantitative estimate of drug-likeness (QED) is 0.733. The Morgan fingerprint density at radius 2 is 1.92 bits per heavy atom. The molecule has 0 atom stereocenters. The second-order valence-electron chi connectivity index (χ2n) is 6.96. The second kappa shape index (κ2) is 6.48. The van der Waals surface area contributed by atoms with Crippen molar-refractivity contribution in [1.82, 2.24) is 9.88 Å². The van der Waals surface area contributed by atoms with Crippen LogP contribution >= 0.6 is 11.6 Å². The number of hydrogen-bond donors (Lipinski definition) is 0. The van der Waals surface area contributed by atoms with Crippen LogP contribution in [0, 0.1) is 0 Å². The maximum Gasteiger partial charge on any atom is 0.410 e. The minimum atomic E-state index is -0.465. The van der Waals surface area contributed by atoms with E-state index in [1.807, 2.05) is 39.0 Å². The SMILES string of the molecule is CC(C)(C)OC(=O)N1CCN(c2cccc3cnc(Cl)cc23)CC1. The van der Waals surface area contributed by atoms with E-state index in [0.717, 1.165) is 29.5 Å². The van der Waals surface area contributed by atoms with Crippen molar-refractivity contribution in [2.45, 2.75) is 26.4 Å². The summed E-state index contributed by atoms with van der Waals surface area (Å²) in [6.07, 6.45) is 1.55. The van der Waals surface area contributed by atoms with Gasteiger partial charge < -0.3 is 14.5 Å². The monoisotopic (exact) mass is 347 g/mol. The fraction of sp³-hybridized carbons (Fsp3) is 0.444. The molecule has 1 saturated heterocycles. The Morgan fingerprint density at radius 1 is 1.21 bits per heavy atom. The van der Waals surface area contributed by atoms with Crippen molar-refractivity contribution in [1.29, 1.82) is 0 Å². The van der Waals surface area contributed by atoms with Crippen LogP contribution in [0.3, 0.4) is 0 Å². The van der Waals surface area contributed by atoms with Gasteiger partial charge in [0.25, 0.3) is 0 Å². The first-order valence-corrected chi connectivity index (χ1v) is 8.48. The van der Waals surface area contributed by atoms with Gasteiger partial charge in [0.2, 0.25) is 0 Å². The molecule has 0 radical (unpaired) electrons. The molecule has 1 aromatic heterocycles. The number of rotatable bonds is 1. The number of ether oxygens (including phenoxy) is 1. The van der Waals surface area contributed by atoms with Crippen molar-refractivity contribution in [3.63, 3.8) is 0 Å². The number of hydrogen-bond acceptors (Lipinski definition) is 4. The number of piperazine rings is 1. The van der Waals surface area contributed by atoms with Crippen LogP contribution in [0.4, 0.5) is 10.5 Å². The Hall–Kier alpha value is -2.01. The van der Waals surface area contributed by atoms with Crippen LogP contribution in [0.15, 0.2) is 30.5 Å². The molecule has 0 saturated carbocycles. The normalized spacial score (nSPS) is 15.7. The number of nitrogens with zero attached hydrogens (tertiary/aromatic N) is 3. The molecule has 2 heterocycles. The van der Waals surface area contributed by atoms with Crippen molar-refractivity contribution >= 4 is 34.2 Å². The maximum absolute atomic E-state index is 12.2. The van der Waals surface area contributed by atoms with Crippen LogP contribution in [-0.2, 0) is 4.74 Å². The Morgan fingerprint density at radius 3 is 2.58 bits per heavy atom. The van der Waals surface area contributed by atoms with E-state index >= 15 is 0 Å². The van der Waals surface area contributed by atoms with Crippen molar-refractivity contribution in [3.8, 4) is 0 Å². The average molecular weight is 348 g/mol. The molecule has 1 amide bonds. The van der Waals surface area contributed by atoms with E-state index in [9.17, 15) is 4.79 Å². The van der Waals surface area contributed by atoms with E-state index < -0.39 is 5.60 Å². The highest BCUT2D eigenvalue weighted by Crippen LogP contribution is 2.29. The first kappa shape index (κ1) is 16.8. The van der Waals surface area contributed by atoms with Crippen LogP contribution in [0.1, 0.15) is 20.8 Å². The molecule has 0 N–H and O–H groups in total. The van der Waals surface area contributed by atoms with E-state index in [1.54, 1.807) is 11.1 Å². The van der Waals surface area contributed by atoms with Crippen molar-refractivity contribution < 1.29 is 9.53 Å². The number of fused-ring (bicyclic) bond motifs is 1. The summed E-state index contributed by atoms with van der Waals surface area (Å²) in [7, 11) is 0. The smallest absolute Gasteiger partial charge is 0.410 e. The third-order valence-corrected chi connectivity index (χ3v) is 4.19. The molecule has 24 heavy (non-hydrogen) atoms. The van der Waals surface area contributed by atoms with Crippen LogP contribution in [0.25, 0.3) is 10.8 Å². The van der Waals surface area contributed by atoms with Gasteiger partial charge >= 0.3 is 6.09 Å². The first-order chi connectivity index (χ1) is 11.3. The summed E-state index contributed by atoms with van der Waals surface area (Å²) in [5, 5.41) is 2.64. The highest BCUT2D eigenvalue weighted by Gasteiger charge is 2.26. The average Bonchev–Trinajstić information content (AvgIpc) is 2.53. The van der Waals surface area contributed by atoms with Gasteiger partial charge in [-0.1, -0.05) is 23.7 Å². The summed E-state index contributed by atoms with van der Waals surface area (Å²) in [6, 6.07) is 8.03. The van der Waals surface area contributed by atoms with Gasteiger partial charge in [-0.25, -0.2) is 9.78 Å². The number of amides is 1. The van der Waals surface area contributed by atoms with Gasteiger partial charge in [0.15, 0.2) is 0 Å². The zero-order chi connectivity index (χ0) is 17.3. The number of pyridine rings is 1. The molecule has 128 valence electrons. The third-order valence-electron chi connectivity index (χ3n) is 3.98. The molecule has 0 bridgehead atoms. The molecular formula is C18H22ClN3O2. The molecule has 0 aliphatic carbocycles. The molecule has 1 aliphatic heterocycles. The molecule has 3 rings (SSSR count). The van der Waals surface area contributed by atoms with Crippen molar-refractivity contribution in [2.75, 3.05) is 31.1 Å². The topological polar surface area (TPSA) is 45.7 Å². The Balaban J connectivity index is 1.73. The standard InChI is InChI=1S/C18H22ClN3O2/c1-18(2,3)24-17(23)22-9-7-21(8-10-22)15-6-4-5-13-12-20-16(19)11-14(13)15/h4-6,11-12H,7-10H2,1-3H3. The van der Waals surface area contributed by atoms with Gasteiger partial charge in [-0.15, -0.1) is 0 Å². The number of aromatic nitrogens is 1. The molecule has 0 unspecified atom stereocenters. The van der Waals surface area contributed by atoms with Gasteiger partial charge in [-0.2, -0.15) is 0 Å². The lowest BCUT2D eigenvalue weighted by atomic mass is 10.1. The van der Waals surface area contributed by atoms with Gasteiger partial charge in [0.1, 0.15) is 10.8 Å². The Labute approximate surface area is 147 Å². The predicted octanol–water partition coefficient (Wildman–Crippen LogP) is 3.95. The highest BCUT2D eigenvalue weighted by molar-refractivity contribution is 6.30. The summed E-state index contributed by atoms with van der Waals surface area (Å²) in [6.45, 7) is 8.46. The van der Waals surface area contributed by atoms with Crippen LogP contribution in [-0.4, -0.2) is 47.8 Å². The molecule has 6 heteroatoms. The summed E-state index contributed by atoms with van der Waals surface area (Å²) in [4.78, 5) is 20.4. The molecule has 2 aromatic rings. The zero-order valence-electron chi connectivity index (χ0n) is 14.3. The fourth-order valence-electron chi connectivity index (χ4n) is 2.86. The maximum atomic E-state index is 12.2. The Kier molecular flexibility index (Phi) is 4.54. The lowest BCUT2D eigenvalue weighted by Gasteiger charge is -2.37. The summed E-state index contributed by atoms with van der Waals surface area (Å²) in [5.41, 5.74) is 0.661. The van der Waals surface area contributed by atoms with Crippen LogP contribution in [0.5, 0.6) is 0 Å². The number of anilines is 1. The summed E-state index contributed by atoms with van der Waals surface area (Å²) in [5.74, 6) is 0. The van der Waals surface area contributed by atoms with E-state index in [0.29, 0.717) is 18.2 Å². The van der Waals surface area contributed by atoms with Crippen LogP contribution < -0.4 is 4.90 Å². The van der Waals surface area contributed by atoms with E-state index in [2.05, 4.69) is 16.0 Å². The summed E-state index contributed by atoms with van der Waals surface area (Å²) < 4.78 is 5.45. The number of benzene rings is 1. The largest absolute Gasteiger partial charge is 0.444 e. The van der Waals surface area contributed by atoms with Gasteiger partial charge in [0, 0.05) is 48.8 Å². The lowest BCUT2D eigenvalue weighted by Crippen LogP contribution is -2.50. The minimum absolute atomic E-state index is 0.243. The van der Waals surface area contributed by atoms with Gasteiger partial charge in [0.05, 0.1) is 0 Å². The fourth-order valence-corrected chi connectivity index (χ4v) is 3.02. The van der Waals surface area contributed by atoms with Gasteiger partial charge in [-0.05, 0) is 32.9 Å². The van der Waals surface area contributed by atoms with E-state index in [1.165, 1.54) is 0 Å². The van der Waals surface area contributed by atoms with Crippen molar-refractivity contribution in [2.24, 2.45) is 0 Å². The Bertz CT molecular complexity index is 750. The molecule has 1 fully saturated rings. The second-order valence-corrected chi connectivity index (χ2v) is 7.35. The highest BCUT2D eigenvalue weighted by atomic mass is 35.5.